The number of benzene rings is 2. The summed E-state index contributed by atoms with van der Waals surface area (Å²) in [6, 6.07) is 8.71. The topological polar surface area (TPSA) is 108 Å². The molecule has 0 bridgehead atoms. The lowest BCUT2D eigenvalue weighted by molar-refractivity contribution is 0.0939. The Kier molecular flexibility index (Phi) is 6.12. The molecule has 0 radical (unpaired) electrons. The SMILES string of the molecule is COc1ccc(C(C)NC(=O)c2ccc(Cl)c(S(N)(=O)=O)c2)c(OC)c1. The van der Waals surface area contributed by atoms with Crippen LogP contribution in [0.15, 0.2) is 41.3 Å². The van der Waals surface area contributed by atoms with Gasteiger partial charge >= 0.3 is 0 Å². The van der Waals surface area contributed by atoms with Crippen LogP contribution in [0.2, 0.25) is 5.02 Å². The van der Waals surface area contributed by atoms with Crippen LogP contribution < -0.4 is 19.9 Å². The van der Waals surface area contributed by atoms with E-state index in [2.05, 4.69) is 5.32 Å². The minimum atomic E-state index is -4.03. The van der Waals surface area contributed by atoms with Crippen LogP contribution in [-0.4, -0.2) is 28.5 Å². The maximum absolute atomic E-state index is 12.5. The lowest BCUT2D eigenvalue weighted by Gasteiger charge is -2.18. The molecule has 0 spiro atoms. The molecule has 1 amide bonds. The number of hydrogen-bond donors (Lipinski definition) is 2. The Morgan fingerprint density at radius 3 is 2.42 bits per heavy atom. The molecule has 140 valence electrons. The molecule has 0 saturated heterocycles. The van der Waals surface area contributed by atoms with Crippen LogP contribution in [-0.2, 0) is 10.0 Å². The van der Waals surface area contributed by atoms with Gasteiger partial charge < -0.3 is 14.8 Å². The van der Waals surface area contributed by atoms with Gasteiger partial charge in [-0.05, 0) is 37.3 Å². The van der Waals surface area contributed by atoms with Gasteiger partial charge in [0.15, 0.2) is 0 Å². The van der Waals surface area contributed by atoms with Crippen molar-refractivity contribution < 1.29 is 22.7 Å². The van der Waals surface area contributed by atoms with Crippen molar-refractivity contribution in [1.29, 1.82) is 0 Å². The Balaban J connectivity index is 2.28. The molecule has 0 aromatic heterocycles. The number of primary sulfonamides is 1. The maximum Gasteiger partial charge on any atom is 0.251 e. The number of sulfonamides is 1. The van der Waals surface area contributed by atoms with E-state index >= 15 is 0 Å². The smallest absolute Gasteiger partial charge is 0.251 e. The average Bonchev–Trinajstić information content (AvgIpc) is 2.60. The fourth-order valence-electron chi connectivity index (χ4n) is 2.40. The predicted molar refractivity (Wildman–Crippen MR) is 98.3 cm³/mol. The number of methoxy groups -OCH3 is 2. The van der Waals surface area contributed by atoms with Crippen molar-refractivity contribution in [3.63, 3.8) is 0 Å². The minimum absolute atomic E-state index is 0.0473. The molecule has 2 aromatic carbocycles. The third kappa shape index (κ3) is 4.46. The number of carbonyl (C=O) groups is 1. The van der Waals surface area contributed by atoms with Crippen LogP contribution in [0, 0.1) is 0 Å². The zero-order valence-electron chi connectivity index (χ0n) is 14.4. The lowest BCUT2D eigenvalue weighted by Crippen LogP contribution is -2.27. The van der Waals surface area contributed by atoms with Gasteiger partial charge in [-0.2, -0.15) is 0 Å². The fraction of sp³-hybridized carbons (Fsp3) is 0.235. The van der Waals surface area contributed by atoms with Crippen LogP contribution in [0.4, 0.5) is 0 Å². The van der Waals surface area contributed by atoms with Gasteiger partial charge in [-0.25, -0.2) is 13.6 Å². The molecule has 2 rings (SSSR count). The number of nitrogens with one attached hydrogen (secondary N) is 1. The van der Waals surface area contributed by atoms with E-state index in [1.54, 1.807) is 32.2 Å². The molecular formula is C17H19ClN2O5S. The highest BCUT2D eigenvalue weighted by atomic mass is 35.5. The van der Waals surface area contributed by atoms with Gasteiger partial charge in [-0.3, -0.25) is 4.79 Å². The van der Waals surface area contributed by atoms with Crippen LogP contribution >= 0.6 is 11.6 Å². The molecule has 2 aromatic rings. The first-order valence-electron chi connectivity index (χ1n) is 7.52. The summed E-state index contributed by atoms with van der Waals surface area (Å²) < 4.78 is 33.6. The molecule has 3 N–H and O–H groups in total. The van der Waals surface area contributed by atoms with Crippen molar-refractivity contribution in [2.45, 2.75) is 17.9 Å². The van der Waals surface area contributed by atoms with Crippen molar-refractivity contribution in [3.05, 3.63) is 52.5 Å². The monoisotopic (exact) mass is 398 g/mol. The largest absolute Gasteiger partial charge is 0.497 e. The third-order valence-electron chi connectivity index (χ3n) is 3.75. The highest BCUT2D eigenvalue weighted by molar-refractivity contribution is 7.89. The molecule has 1 atom stereocenters. The summed E-state index contributed by atoms with van der Waals surface area (Å²) in [7, 11) is -0.971. The first-order valence-corrected chi connectivity index (χ1v) is 9.45. The number of carbonyl (C=O) groups excluding carboxylic acids is 1. The Labute approximate surface area is 157 Å². The van der Waals surface area contributed by atoms with Gasteiger partial charge in [0.05, 0.1) is 25.3 Å². The number of hydrogen-bond acceptors (Lipinski definition) is 5. The normalized spacial score (nSPS) is 12.3. The number of rotatable bonds is 6. The van der Waals surface area contributed by atoms with Gasteiger partial charge in [0.25, 0.3) is 5.91 Å². The Morgan fingerprint density at radius 2 is 1.85 bits per heavy atom. The van der Waals surface area contributed by atoms with Crippen molar-refractivity contribution in [2.75, 3.05) is 14.2 Å². The number of amides is 1. The van der Waals surface area contributed by atoms with Crippen molar-refractivity contribution in [1.82, 2.24) is 5.32 Å². The lowest BCUT2D eigenvalue weighted by atomic mass is 10.1. The van der Waals surface area contributed by atoms with Gasteiger partial charge in [-0.1, -0.05) is 11.6 Å². The van der Waals surface area contributed by atoms with Crippen molar-refractivity contribution >= 4 is 27.5 Å². The molecule has 0 heterocycles. The summed E-state index contributed by atoms with van der Waals surface area (Å²) in [6.07, 6.45) is 0. The van der Waals surface area contributed by atoms with E-state index in [4.69, 9.17) is 26.2 Å². The van der Waals surface area contributed by atoms with Gasteiger partial charge in [0, 0.05) is 17.2 Å². The molecular weight excluding hydrogens is 380 g/mol. The van der Waals surface area contributed by atoms with Crippen LogP contribution in [0.1, 0.15) is 28.9 Å². The second-order valence-corrected chi connectivity index (χ2v) is 7.43. The van der Waals surface area contributed by atoms with Gasteiger partial charge in [0.1, 0.15) is 16.4 Å². The zero-order valence-corrected chi connectivity index (χ0v) is 16.0. The summed E-state index contributed by atoms with van der Waals surface area (Å²) in [5.41, 5.74) is 0.861. The third-order valence-corrected chi connectivity index (χ3v) is 5.15. The zero-order chi connectivity index (χ0) is 19.5. The second-order valence-electron chi connectivity index (χ2n) is 5.49. The highest BCUT2D eigenvalue weighted by Gasteiger charge is 2.19. The Bertz CT molecular complexity index is 931. The molecule has 0 aliphatic heterocycles. The summed E-state index contributed by atoms with van der Waals surface area (Å²) in [6.45, 7) is 1.78. The second kappa shape index (κ2) is 7.94. The van der Waals surface area contributed by atoms with Crippen LogP contribution in [0.3, 0.4) is 0 Å². The first kappa shape index (κ1) is 20.0. The Morgan fingerprint density at radius 1 is 1.15 bits per heavy atom. The first-order chi connectivity index (χ1) is 12.2. The fourth-order valence-corrected chi connectivity index (χ4v) is 3.47. The number of ether oxygens (including phenoxy) is 2. The molecule has 9 heteroatoms. The van der Waals surface area contributed by atoms with E-state index in [9.17, 15) is 13.2 Å². The van der Waals surface area contributed by atoms with Crippen molar-refractivity contribution in [3.8, 4) is 11.5 Å². The van der Waals surface area contributed by atoms with E-state index in [-0.39, 0.29) is 15.5 Å². The quantitative estimate of drug-likeness (QED) is 0.777. The van der Waals surface area contributed by atoms with Gasteiger partial charge in [-0.15, -0.1) is 0 Å². The molecule has 0 aliphatic carbocycles. The summed E-state index contributed by atoms with van der Waals surface area (Å²) in [4.78, 5) is 12.2. The van der Waals surface area contributed by atoms with E-state index in [0.29, 0.717) is 11.5 Å². The summed E-state index contributed by atoms with van der Waals surface area (Å²) >= 11 is 5.84. The van der Waals surface area contributed by atoms with E-state index in [1.807, 2.05) is 0 Å². The standard InChI is InChI=1S/C17H19ClN2O5S/c1-10(13-6-5-12(24-2)9-15(13)25-3)20-17(21)11-4-7-14(18)16(8-11)26(19,22)23/h4-10H,1-3H3,(H,20,21)(H2,19,22,23). The molecule has 26 heavy (non-hydrogen) atoms. The molecule has 1 unspecified atom stereocenters. The Hall–Kier alpha value is -2.29. The van der Waals surface area contributed by atoms with E-state index in [0.717, 1.165) is 11.6 Å². The molecule has 0 aliphatic rings. The van der Waals surface area contributed by atoms with E-state index in [1.165, 1.54) is 19.2 Å². The predicted octanol–water partition coefficient (Wildman–Crippen LogP) is 2.50. The average molecular weight is 399 g/mol. The van der Waals surface area contributed by atoms with Crippen LogP contribution in [0.25, 0.3) is 0 Å². The van der Waals surface area contributed by atoms with Crippen molar-refractivity contribution in [2.24, 2.45) is 5.14 Å². The number of nitrogens with two attached hydrogens (primary N) is 1. The molecule has 0 saturated carbocycles. The summed E-state index contributed by atoms with van der Waals surface area (Å²) in [5, 5.41) is 7.85. The molecule has 0 fully saturated rings. The summed E-state index contributed by atoms with van der Waals surface area (Å²) in [5.74, 6) is 0.704. The number of halogens is 1. The minimum Gasteiger partial charge on any atom is -0.497 e. The highest BCUT2D eigenvalue weighted by Crippen LogP contribution is 2.29. The molecule has 7 nitrogen and oxygen atoms in total. The van der Waals surface area contributed by atoms with E-state index < -0.39 is 22.0 Å². The van der Waals surface area contributed by atoms with Gasteiger partial charge in [0.2, 0.25) is 10.0 Å². The maximum atomic E-state index is 12.5. The van der Waals surface area contributed by atoms with Crippen LogP contribution in [0.5, 0.6) is 11.5 Å².